The van der Waals surface area contributed by atoms with E-state index < -0.39 is 0 Å². The topological polar surface area (TPSA) is 36.3 Å². The monoisotopic (exact) mass is 308 g/mol. The van der Waals surface area contributed by atoms with Gasteiger partial charge >= 0.3 is 0 Å². The summed E-state index contributed by atoms with van der Waals surface area (Å²) in [6.07, 6.45) is 2.96. The van der Waals surface area contributed by atoms with E-state index in [0.29, 0.717) is 5.88 Å². The van der Waals surface area contributed by atoms with Gasteiger partial charge in [-0.1, -0.05) is 0 Å². The maximum absolute atomic E-state index is 5.94. The third-order valence-corrected chi connectivity index (χ3v) is 4.33. The van der Waals surface area contributed by atoms with Gasteiger partial charge in [0.05, 0.1) is 30.3 Å². The molecule has 21 heavy (non-hydrogen) atoms. The van der Waals surface area contributed by atoms with Gasteiger partial charge in [-0.25, -0.2) is 4.98 Å². The third kappa shape index (κ3) is 2.87. The number of ether oxygens (including phenoxy) is 2. The predicted octanol–water partition coefficient (Wildman–Crippen LogP) is 3.40. The van der Waals surface area contributed by atoms with Gasteiger partial charge < -0.3 is 14.0 Å². The number of methoxy groups -OCH3 is 1. The summed E-state index contributed by atoms with van der Waals surface area (Å²) in [6.45, 7) is 3.83. The second kappa shape index (κ2) is 5.85. The molecule has 1 aromatic heterocycles. The van der Waals surface area contributed by atoms with Gasteiger partial charge in [0.1, 0.15) is 11.6 Å². The van der Waals surface area contributed by atoms with Crippen LogP contribution in [-0.4, -0.2) is 34.7 Å². The van der Waals surface area contributed by atoms with Crippen molar-refractivity contribution in [2.75, 3.05) is 19.6 Å². The molecule has 1 aromatic carbocycles. The maximum Gasteiger partial charge on any atom is 0.121 e. The Morgan fingerprint density at radius 3 is 3.00 bits per heavy atom. The van der Waals surface area contributed by atoms with E-state index in [1.165, 1.54) is 0 Å². The summed E-state index contributed by atoms with van der Waals surface area (Å²) in [5.41, 5.74) is 1.96. The average molecular weight is 309 g/mol. The fourth-order valence-electron chi connectivity index (χ4n) is 3.03. The standard InChI is InChI=1S/C16H21ClN2O2/c1-16(7-3-9-21-16)11-19-14-10-12(20-2)4-5-13(14)18-15(19)6-8-17/h4-5,10H,3,6-9,11H2,1-2H3. The molecule has 1 aliphatic rings. The summed E-state index contributed by atoms with van der Waals surface area (Å²) < 4.78 is 13.5. The maximum atomic E-state index is 5.94. The van der Waals surface area contributed by atoms with E-state index in [1.54, 1.807) is 7.11 Å². The zero-order chi connectivity index (χ0) is 14.9. The Morgan fingerprint density at radius 2 is 2.33 bits per heavy atom. The van der Waals surface area contributed by atoms with E-state index in [2.05, 4.69) is 11.5 Å². The lowest BCUT2D eigenvalue weighted by atomic mass is 10.0. The minimum atomic E-state index is -0.113. The van der Waals surface area contributed by atoms with Gasteiger partial charge in [-0.3, -0.25) is 0 Å². The van der Waals surface area contributed by atoms with Crippen LogP contribution < -0.4 is 4.74 Å². The molecule has 3 rings (SSSR count). The van der Waals surface area contributed by atoms with Crippen molar-refractivity contribution >= 4 is 22.6 Å². The lowest BCUT2D eigenvalue weighted by Crippen LogP contribution is -2.30. The molecule has 1 aliphatic heterocycles. The van der Waals surface area contributed by atoms with Crippen LogP contribution in [-0.2, 0) is 17.7 Å². The Bertz CT molecular complexity index is 632. The van der Waals surface area contributed by atoms with Crippen LogP contribution in [0.1, 0.15) is 25.6 Å². The Morgan fingerprint density at radius 1 is 1.48 bits per heavy atom. The minimum absolute atomic E-state index is 0.113. The quantitative estimate of drug-likeness (QED) is 0.794. The number of aromatic nitrogens is 2. The lowest BCUT2D eigenvalue weighted by molar-refractivity contribution is 0.00652. The number of imidazole rings is 1. The summed E-state index contributed by atoms with van der Waals surface area (Å²) in [5, 5.41) is 0. The molecular weight excluding hydrogens is 288 g/mol. The summed E-state index contributed by atoms with van der Waals surface area (Å²) in [7, 11) is 1.68. The second-order valence-electron chi connectivity index (χ2n) is 5.81. The Kier molecular flexibility index (Phi) is 4.09. The molecule has 1 fully saturated rings. The summed E-state index contributed by atoms with van der Waals surface area (Å²) in [5.74, 6) is 2.43. The zero-order valence-corrected chi connectivity index (χ0v) is 13.3. The smallest absolute Gasteiger partial charge is 0.121 e. The third-order valence-electron chi connectivity index (χ3n) is 4.15. The Balaban J connectivity index is 2.05. The van der Waals surface area contributed by atoms with Crippen molar-refractivity contribution in [2.45, 2.75) is 38.3 Å². The molecule has 1 saturated heterocycles. The van der Waals surface area contributed by atoms with Crippen LogP contribution in [0.4, 0.5) is 0 Å². The molecule has 5 heteroatoms. The van der Waals surface area contributed by atoms with Crippen LogP contribution in [0.2, 0.25) is 0 Å². The number of rotatable bonds is 5. The first kappa shape index (κ1) is 14.7. The fraction of sp³-hybridized carbons (Fsp3) is 0.562. The number of hydrogen-bond donors (Lipinski definition) is 0. The highest BCUT2D eigenvalue weighted by Crippen LogP contribution is 2.30. The van der Waals surface area contributed by atoms with Gasteiger partial charge in [-0.15, -0.1) is 11.6 Å². The normalized spacial score (nSPS) is 22.0. The molecule has 0 radical (unpaired) electrons. The van der Waals surface area contributed by atoms with Gasteiger partial charge in [0.25, 0.3) is 0 Å². The summed E-state index contributed by atoms with van der Waals surface area (Å²) in [6, 6.07) is 5.98. The van der Waals surface area contributed by atoms with Crippen LogP contribution in [0.5, 0.6) is 5.75 Å². The molecule has 0 N–H and O–H groups in total. The number of halogens is 1. The fourth-order valence-corrected chi connectivity index (χ4v) is 3.20. The molecule has 0 bridgehead atoms. The predicted molar refractivity (Wildman–Crippen MR) is 84.3 cm³/mol. The first-order valence-corrected chi connectivity index (χ1v) is 7.92. The van der Waals surface area contributed by atoms with Gasteiger partial charge in [-0.05, 0) is 31.9 Å². The molecule has 2 aromatic rings. The SMILES string of the molecule is COc1ccc2nc(CCCl)n(CC3(C)CCCO3)c2c1. The highest BCUT2D eigenvalue weighted by molar-refractivity contribution is 6.17. The van der Waals surface area contributed by atoms with Gasteiger partial charge in [0.2, 0.25) is 0 Å². The van der Waals surface area contributed by atoms with Gasteiger partial charge in [-0.2, -0.15) is 0 Å². The van der Waals surface area contributed by atoms with Crippen molar-refractivity contribution in [1.29, 1.82) is 0 Å². The number of benzene rings is 1. The van der Waals surface area contributed by atoms with E-state index in [-0.39, 0.29) is 5.60 Å². The summed E-state index contributed by atoms with van der Waals surface area (Å²) in [4.78, 5) is 4.72. The van der Waals surface area contributed by atoms with Crippen molar-refractivity contribution < 1.29 is 9.47 Å². The van der Waals surface area contributed by atoms with Crippen molar-refractivity contribution in [3.63, 3.8) is 0 Å². The van der Waals surface area contributed by atoms with Crippen LogP contribution in [0.25, 0.3) is 11.0 Å². The molecular formula is C16H21ClN2O2. The molecule has 1 atom stereocenters. The lowest BCUT2D eigenvalue weighted by Gasteiger charge is -2.25. The van der Waals surface area contributed by atoms with Crippen LogP contribution in [0, 0.1) is 0 Å². The number of fused-ring (bicyclic) bond motifs is 1. The molecule has 0 spiro atoms. The summed E-state index contributed by atoms with van der Waals surface area (Å²) >= 11 is 5.94. The number of aryl methyl sites for hydroxylation is 1. The van der Waals surface area contributed by atoms with Crippen LogP contribution in [0.15, 0.2) is 18.2 Å². The van der Waals surface area contributed by atoms with Crippen molar-refractivity contribution in [3.8, 4) is 5.75 Å². The Labute approximate surface area is 130 Å². The molecule has 0 aliphatic carbocycles. The van der Waals surface area contributed by atoms with E-state index >= 15 is 0 Å². The largest absolute Gasteiger partial charge is 0.497 e. The van der Waals surface area contributed by atoms with Crippen molar-refractivity contribution in [2.24, 2.45) is 0 Å². The zero-order valence-electron chi connectivity index (χ0n) is 12.6. The number of alkyl halides is 1. The van der Waals surface area contributed by atoms with E-state index in [9.17, 15) is 0 Å². The van der Waals surface area contributed by atoms with E-state index in [1.807, 2.05) is 18.2 Å². The molecule has 114 valence electrons. The van der Waals surface area contributed by atoms with Crippen LogP contribution in [0.3, 0.4) is 0 Å². The first-order chi connectivity index (χ1) is 10.1. The molecule has 0 amide bonds. The molecule has 1 unspecified atom stereocenters. The van der Waals surface area contributed by atoms with Crippen molar-refractivity contribution in [1.82, 2.24) is 9.55 Å². The Hall–Kier alpha value is -1.26. The average Bonchev–Trinajstić information content (AvgIpc) is 3.05. The minimum Gasteiger partial charge on any atom is -0.497 e. The van der Waals surface area contributed by atoms with Crippen molar-refractivity contribution in [3.05, 3.63) is 24.0 Å². The molecule has 2 heterocycles. The highest BCUT2D eigenvalue weighted by atomic mass is 35.5. The van der Waals surface area contributed by atoms with Gasteiger partial charge in [0, 0.05) is 25.0 Å². The van der Waals surface area contributed by atoms with E-state index in [0.717, 1.165) is 55.0 Å². The molecule has 4 nitrogen and oxygen atoms in total. The highest BCUT2D eigenvalue weighted by Gasteiger charge is 2.31. The molecule has 0 saturated carbocycles. The van der Waals surface area contributed by atoms with Gasteiger partial charge in [0.15, 0.2) is 0 Å². The first-order valence-electron chi connectivity index (χ1n) is 7.38. The van der Waals surface area contributed by atoms with Crippen LogP contribution >= 0.6 is 11.6 Å². The number of hydrogen-bond acceptors (Lipinski definition) is 3. The van der Waals surface area contributed by atoms with E-state index in [4.69, 9.17) is 26.1 Å². The second-order valence-corrected chi connectivity index (χ2v) is 6.19. The number of nitrogens with zero attached hydrogens (tertiary/aromatic N) is 2.